The maximum Gasteiger partial charge on any atom is 0.162 e. The van der Waals surface area contributed by atoms with Crippen LogP contribution in [-0.4, -0.2) is 45.8 Å². The molecule has 1 heterocycles. The maximum atomic E-state index is 5.37. The first-order valence-electron chi connectivity index (χ1n) is 7.29. The first-order chi connectivity index (χ1) is 9.63. The van der Waals surface area contributed by atoms with Gasteiger partial charge in [0.25, 0.3) is 0 Å². The van der Waals surface area contributed by atoms with E-state index in [4.69, 9.17) is 9.47 Å². The van der Waals surface area contributed by atoms with E-state index in [0.717, 1.165) is 29.6 Å². The van der Waals surface area contributed by atoms with E-state index in [2.05, 4.69) is 24.2 Å². The zero-order valence-corrected chi connectivity index (χ0v) is 13.0. The first kappa shape index (κ1) is 15.0. The van der Waals surface area contributed by atoms with Crippen LogP contribution in [0.15, 0.2) is 12.1 Å². The molecule has 0 radical (unpaired) electrons. The quantitative estimate of drug-likeness (QED) is 0.898. The van der Waals surface area contributed by atoms with Crippen molar-refractivity contribution in [2.75, 3.05) is 46.2 Å². The van der Waals surface area contributed by atoms with Crippen LogP contribution in [0.25, 0.3) is 0 Å². The highest BCUT2D eigenvalue weighted by molar-refractivity contribution is 5.60. The van der Waals surface area contributed by atoms with Crippen molar-refractivity contribution in [3.63, 3.8) is 0 Å². The van der Waals surface area contributed by atoms with E-state index >= 15 is 0 Å². The molecule has 0 aromatic heterocycles. The van der Waals surface area contributed by atoms with Crippen LogP contribution in [-0.2, 0) is 0 Å². The molecule has 1 fully saturated rings. The lowest BCUT2D eigenvalue weighted by Gasteiger charge is -2.29. The fourth-order valence-corrected chi connectivity index (χ4v) is 2.69. The number of hydrogen-bond acceptors (Lipinski definition) is 4. The second kappa shape index (κ2) is 6.84. The highest BCUT2D eigenvalue weighted by atomic mass is 16.5. The summed E-state index contributed by atoms with van der Waals surface area (Å²) in [6, 6.07) is 4.05. The van der Waals surface area contributed by atoms with Crippen LogP contribution < -0.4 is 14.8 Å². The van der Waals surface area contributed by atoms with Gasteiger partial charge in [-0.15, -0.1) is 0 Å². The number of piperidine rings is 1. The zero-order chi connectivity index (χ0) is 14.5. The Labute approximate surface area is 122 Å². The molecule has 1 saturated heterocycles. The van der Waals surface area contributed by atoms with E-state index in [9.17, 15) is 0 Å². The zero-order valence-electron chi connectivity index (χ0n) is 13.0. The summed E-state index contributed by atoms with van der Waals surface area (Å²) < 4.78 is 10.7. The molecule has 0 atom stereocenters. The van der Waals surface area contributed by atoms with Crippen LogP contribution in [0.5, 0.6) is 11.5 Å². The molecule has 0 amide bonds. The third kappa shape index (κ3) is 3.57. The van der Waals surface area contributed by atoms with Gasteiger partial charge >= 0.3 is 0 Å². The topological polar surface area (TPSA) is 33.7 Å². The molecule has 4 heteroatoms. The summed E-state index contributed by atoms with van der Waals surface area (Å²) >= 11 is 0. The van der Waals surface area contributed by atoms with Crippen LogP contribution in [0.2, 0.25) is 0 Å². The Morgan fingerprint density at radius 1 is 1.15 bits per heavy atom. The van der Waals surface area contributed by atoms with Crippen LogP contribution in [0.4, 0.5) is 5.69 Å². The molecule has 1 aromatic rings. The standard InChI is InChI=1S/C16H26N2O2/c1-12-9-15(19-3)16(20-4)10-14(12)17-11-13-5-7-18(2)8-6-13/h9-10,13,17H,5-8,11H2,1-4H3. The summed E-state index contributed by atoms with van der Waals surface area (Å²) in [7, 11) is 5.54. The maximum absolute atomic E-state index is 5.37. The molecule has 1 aromatic carbocycles. The average Bonchev–Trinajstić information content (AvgIpc) is 2.47. The van der Waals surface area contributed by atoms with Gasteiger partial charge in [-0.05, 0) is 57.5 Å². The fourth-order valence-electron chi connectivity index (χ4n) is 2.69. The molecule has 1 aliphatic rings. The highest BCUT2D eigenvalue weighted by Gasteiger charge is 2.17. The second-order valence-electron chi connectivity index (χ2n) is 5.65. The number of anilines is 1. The minimum absolute atomic E-state index is 0.763. The predicted molar refractivity (Wildman–Crippen MR) is 83.0 cm³/mol. The van der Waals surface area contributed by atoms with E-state index in [1.807, 2.05) is 12.1 Å². The van der Waals surface area contributed by atoms with Crippen molar-refractivity contribution in [1.29, 1.82) is 0 Å². The van der Waals surface area contributed by atoms with Crippen molar-refractivity contribution < 1.29 is 9.47 Å². The Morgan fingerprint density at radius 3 is 2.35 bits per heavy atom. The van der Waals surface area contributed by atoms with Crippen molar-refractivity contribution in [3.05, 3.63) is 17.7 Å². The summed E-state index contributed by atoms with van der Waals surface area (Å²) in [5.41, 5.74) is 2.33. The van der Waals surface area contributed by atoms with Gasteiger partial charge in [0, 0.05) is 18.3 Å². The predicted octanol–water partition coefficient (Wildman–Crippen LogP) is 2.77. The number of hydrogen-bond donors (Lipinski definition) is 1. The van der Waals surface area contributed by atoms with Crippen LogP contribution in [0.1, 0.15) is 18.4 Å². The average molecular weight is 278 g/mol. The third-order valence-electron chi connectivity index (χ3n) is 4.15. The van der Waals surface area contributed by atoms with E-state index < -0.39 is 0 Å². The Morgan fingerprint density at radius 2 is 1.75 bits per heavy atom. The molecule has 112 valence electrons. The minimum Gasteiger partial charge on any atom is -0.493 e. The second-order valence-corrected chi connectivity index (χ2v) is 5.65. The molecular formula is C16H26N2O2. The molecule has 0 unspecified atom stereocenters. The molecule has 0 saturated carbocycles. The Bertz CT molecular complexity index is 440. The highest BCUT2D eigenvalue weighted by Crippen LogP contribution is 2.33. The summed E-state index contributed by atoms with van der Waals surface area (Å²) in [5, 5.41) is 3.57. The number of aryl methyl sites for hydroxylation is 1. The van der Waals surface area contributed by atoms with E-state index in [1.165, 1.54) is 31.5 Å². The normalized spacial score (nSPS) is 17.0. The molecule has 2 rings (SSSR count). The summed E-state index contributed by atoms with van der Waals surface area (Å²) in [6.07, 6.45) is 2.55. The molecule has 20 heavy (non-hydrogen) atoms. The van der Waals surface area contributed by atoms with Gasteiger partial charge in [0.1, 0.15) is 0 Å². The monoisotopic (exact) mass is 278 g/mol. The lowest BCUT2D eigenvalue weighted by atomic mass is 9.97. The molecule has 0 spiro atoms. The number of benzene rings is 1. The number of methoxy groups -OCH3 is 2. The number of nitrogens with zero attached hydrogens (tertiary/aromatic N) is 1. The molecule has 1 aliphatic heterocycles. The molecule has 0 aliphatic carbocycles. The van der Waals surface area contributed by atoms with Crippen molar-refractivity contribution in [3.8, 4) is 11.5 Å². The summed E-state index contributed by atoms with van der Waals surface area (Å²) in [4.78, 5) is 2.40. The first-order valence-corrected chi connectivity index (χ1v) is 7.29. The third-order valence-corrected chi connectivity index (χ3v) is 4.15. The smallest absolute Gasteiger partial charge is 0.162 e. The van der Waals surface area contributed by atoms with E-state index in [-0.39, 0.29) is 0 Å². The van der Waals surface area contributed by atoms with Crippen LogP contribution >= 0.6 is 0 Å². The minimum atomic E-state index is 0.763. The molecule has 0 bridgehead atoms. The van der Waals surface area contributed by atoms with E-state index in [1.54, 1.807) is 14.2 Å². The van der Waals surface area contributed by atoms with Crippen molar-refractivity contribution in [1.82, 2.24) is 4.90 Å². The lowest BCUT2D eigenvalue weighted by Crippen LogP contribution is -2.33. The van der Waals surface area contributed by atoms with Crippen molar-refractivity contribution >= 4 is 5.69 Å². The number of likely N-dealkylation sites (tertiary alicyclic amines) is 1. The summed E-state index contributed by atoms with van der Waals surface area (Å²) in [6.45, 7) is 5.54. The van der Waals surface area contributed by atoms with Gasteiger partial charge in [-0.25, -0.2) is 0 Å². The van der Waals surface area contributed by atoms with Gasteiger partial charge in [0.2, 0.25) is 0 Å². The van der Waals surface area contributed by atoms with Crippen molar-refractivity contribution in [2.24, 2.45) is 5.92 Å². The van der Waals surface area contributed by atoms with Crippen LogP contribution in [0, 0.1) is 12.8 Å². The number of rotatable bonds is 5. The van der Waals surface area contributed by atoms with Crippen LogP contribution in [0.3, 0.4) is 0 Å². The Kier molecular flexibility index (Phi) is 5.12. The van der Waals surface area contributed by atoms with Gasteiger partial charge in [-0.3, -0.25) is 0 Å². The van der Waals surface area contributed by atoms with Gasteiger partial charge in [0.15, 0.2) is 11.5 Å². The lowest BCUT2D eigenvalue weighted by molar-refractivity contribution is 0.226. The van der Waals surface area contributed by atoms with Gasteiger partial charge in [0.05, 0.1) is 14.2 Å². The van der Waals surface area contributed by atoms with E-state index in [0.29, 0.717) is 0 Å². The van der Waals surface area contributed by atoms with Gasteiger partial charge < -0.3 is 19.7 Å². The van der Waals surface area contributed by atoms with Crippen molar-refractivity contribution in [2.45, 2.75) is 19.8 Å². The Hall–Kier alpha value is -1.42. The number of nitrogens with one attached hydrogen (secondary N) is 1. The molecular weight excluding hydrogens is 252 g/mol. The van der Waals surface area contributed by atoms with Gasteiger partial charge in [-0.1, -0.05) is 0 Å². The van der Waals surface area contributed by atoms with Gasteiger partial charge in [-0.2, -0.15) is 0 Å². The molecule has 4 nitrogen and oxygen atoms in total. The largest absolute Gasteiger partial charge is 0.493 e. The Balaban J connectivity index is 1.98. The molecule has 1 N–H and O–H groups in total. The summed E-state index contributed by atoms with van der Waals surface area (Å²) in [5.74, 6) is 2.33. The number of ether oxygens (including phenoxy) is 2. The fraction of sp³-hybridized carbons (Fsp3) is 0.625. The SMILES string of the molecule is COc1cc(C)c(NCC2CCN(C)CC2)cc1OC.